The van der Waals surface area contributed by atoms with Crippen LogP contribution in [0.4, 0.5) is 14.5 Å². The van der Waals surface area contributed by atoms with E-state index in [-0.39, 0.29) is 34.5 Å². The lowest BCUT2D eigenvalue weighted by Gasteiger charge is -2.30. The molecule has 11 heteroatoms. The largest absolute Gasteiger partial charge is 0.392 e. The van der Waals surface area contributed by atoms with E-state index in [1.54, 1.807) is 11.7 Å². The summed E-state index contributed by atoms with van der Waals surface area (Å²) in [5.41, 5.74) is 18.8. The Labute approximate surface area is 188 Å². The molecule has 0 aliphatic carbocycles. The number of thioether (sulfide) groups is 1. The monoisotopic (exact) mass is 464 g/mol. The molecule has 1 amide bonds. The Morgan fingerprint density at radius 3 is 2.62 bits per heavy atom. The first-order valence-corrected chi connectivity index (χ1v) is 11.2. The Kier molecular flexibility index (Phi) is 6.15. The molecule has 32 heavy (non-hydrogen) atoms. The average Bonchev–Trinajstić information content (AvgIpc) is 3.18. The van der Waals surface area contributed by atoms with Crippen molar-refractivity contribution in [1.29, 1.82) is 0 Å². The van der Waals surface area contributed by atoms with Crippen LogP contribution in [0.15, 0.2) is 35.1 Å². The summed E-state index contributed by atoms with van der Waals surface area (Å²) in [4.78, 5) is 13.8. The van der Waals surface area contributed by atoms with Gasteiger partial charge >= 0.3 is 0 Å². The van der Waals surface area contributed by atoms with Gasteiger partial charge in [0, 0.05) is 13.1 Å². The normalized spacial score (nSPS) is 26.5. The number of primary amides is 1. The van der Waals surface area contributed by atoms with Crippen molar-refractivity contribution in [1.82, 2.24) is 9.78 Å². The highest BCUT2D eigenvalue weighted by Gasteiger charge is 2.42. The molecule has 1 fully saturated rings. The SMILES string of the molecule is C[C@@H]1C[C@@H](N)CC[C@H](c2c(N3C(C(N)=O)=C(N)SC3c3c(F)cccc3F)cnn2C)O1. The molecule has 2 aliphatic heterocycles. The number of carbonyl (C=O) groups is 1. The third kappa shape index (κ3) is 3.96. The van der Waals surface area contributed by atoms with Crippen LogP contribution in [0, 0.1) is 11.6 Å². The van der Waals surface area contributed by atoms with E-state index in [4.69, 9.17) is 21.9 Å². The molecular weight excluding hydrogens is 438 g/mol. The van der Waals surface area contributed by atoms with Gasteiger partial charge in [0.05, 0.1) is 34.3 Å². The Balaban J connectivity index is 1.85. The summed E-state index contributed by atoms with van der Waals surface area (Å²) < 4.78 is 37.3. The van der Waals surface area contributed by atoms with E-state index in [0.29, 0.717) is 24.2 Å². The number of hydrogen-bond acceptors (Lipinski definition) is 7. The maximum atomic E-state index is 14.7. The van der Waals surface area contributed by atoms with Crippen LogP contribution < -0.4 is 22.1 Å². The second-order valence-electron chi connectivity index (χ2n) is 8.10. The molecule has 1 saturated heterocycles. The number of aromatic nitrogens is 2. The summed E-state index contributed by atoms with van der Waals surface area (Å²) in [7, 11) is 1.75. The van der Waals surface area contributed by atoms with Crippen molar-refractivity contribution in [3.05, 3.63) is 58.0 Å². The highest BCUT2D eigenvalue weighted by Crippen LogP contribution is 2.51. The van der Waals surface area contributed by atoms with Gasteiger partial charge in [-0.1, -0.05) is 17.8 Å². The predicted molar refractivity (Wildman–Crippen MR) is 118 cm³/mol. The molecule has 0 bridgehead atoms. The molecule has 2 aliphatic rings. The lowest BCUT2D eigenvalue weighted by molar-refractivity contribution is -0.114. The van der Waals surface area contributed by atoms with Crippen LogP contribution in [0.5, 0.6) is 0 Å². The van der Waals surface area contributed by atoms with E-state index in [1.165, 1.54) is 17.2 Å². The van der Waals surface area contributed by atoms with E-state index in [1.807, 2.05) is 6.92 Å². The van der Waals surface area contributed by atoms with Gasteiger partial charge in [0.25, 0.3) is 5.91 Å². The first-order chi connectivity index (χ1) is 15.2. The van der Waals surface area contributed by atoms with Crippen LogP contribution >= 0.6 is 11.8 Å². The second kappa shape index (κ2) is 8.72. The van der Waals surface area contributed by atoms with Crippen molar-refractivity contribution in [3.8, 4) is 0 Å². The van der Waals surface area contributed by atoms with Crippen LogP contribution in [0.3, 0.4) is 0 Å². The fourth-order valence-corrected chi connectivity index (χ4v) is 5.61. The number of anilines is 1. The minimum atomic E-state index is -0.980. The summed E-state index contributed by atoms with van der Waals surface area (Å²) in [6.45, 7) is 1.95. The van der Waals surface area contributed by atoms with Crippen molar-refractivity contribution in [2.24, 2.45) is 24.2 Å². The van der Waals surface area contributed by atoms with Gasteiger partial charge in [0.15, 0.2) is 0 Å². The van der Waals surface area contributed by atoms with Gasteiger partial charge in [-0.05, 0) is 38.3 Å². The molecular formula is C21H26F2N6O2S. The molecule has 172 valence electrons. The molecule has 1 aromatic heterocycles. The highest BCUT2D eigenvalue weighted by atomic mass is 32.2. The van der Waals surface area contributed by atoms with Gasteiger partial charge in [0.2, 0.25) is 0 Å². The number of aryl methyl sites for hydroxylation is 1. The third-order valence-electron chi connectivity index (χ3n) is 5.79. The van der Waals surface area contributed by atoms with Gasteiger partial charge in [-0.2, -0.15) is 5.10 Å². The Morgan fingerprint density at radius 2 is 1.97 bits per heavy atom. The fraction of sp³-hybridized carbons (Fsp3) is 0.429. The summed E-state index contributed by atoms with van der Waals surface area (Å²) >= 11 is 0.961. The van der Waals surface area contributed by atoms with Crippen molar-refractivity contribution < 1.29 is 18.3 Å². The summed E-state index contributed by atoms with van der Waals surface area (Å²) in [5, 5.41) is 3.46. The lowest BCUT2D eigenvalue weighted by Crippen LogP contribution is -2.32. The number of carbonyl (C=O) groups excluding carboxylic acids is 1. The summed E-state index contributed by atoms with van der Waals surface area (Å²) in [6.07, 6.45) is 3.13. The molecule has 1 aromatic carbocycles. The van der Waals surface area contributed by atoms with E-state index in [0.717, 1.165) is 30.3 Å². The first-order valence-electron chi connectivity index (χ1n) is 10.3. The zero-order valence-electron chi connectivity index (χ0n) is 17.8. The molecule has 3 heterocycles. The number of rotatable bonds is 4. The standard InChI is InChI=1S/C21H26F2N6O2S/c1-10-8-11(24)6-7-15(31-10)17-14(9-27-28(17)2)29-18(19(25)30)20(26)32-21(29)16-12(22)4-3-5-13(16)23/h3-5,9-11,15,21H,6-8,24,26H2,1-2H3,(H2,25,30)/t10-,11+,15-,21?/m1/s1. The number of nitrogens with zero attached hydrogens (tertiary/aromatic N) is 3. The van der Waals surface area contributed by atoms with Crippen LogP contribution in [-0.4, -0.2) is 27.8 Å². The first kappa shape index (κ1) is 22.6. The van der Waals surface area contributed by atoms with Gasteiger partial charge in [-0.25, -0.2) is 8.78 Å². The maximum absolute atomic E-state index is 14.7. The van der Waals surface area contributed by atoms with Crippen molar-refractivity contribution in [2.75, 3.05) is 4.90 Å². The van der Waals surface area contributed by atoms with Crippen LogP contribution in [-0.2, 0) is 16.6 Å². The molecule has 0 spiro atoms. The summed E-state index contributed by atoms with van der Waals surface area (Å²) in [5.74, 6) is -2.30. The number of hydrogen-bond donors (Lipinski definition) is 3. The Hall–Kier alpha value is -2.63. The highest BCUT2D eigenvalue weighted by molar-refractivity contribution is 8.03. The van der Waals surface area contributed by atoms with Gasteiger partial charge < -0.3 is 26.8 Å². The zero-order chi connectivity index (χ0) is 23.2. The molecule has 8 nitrogen and oxygen atoms in total. The molecule has 0 saturated carbocycles. The van der Waals surface area contributed by atoms with E-state index < -0.39 is 22.9 Å². The number of halogens is 2. The quantitative estimate of drug-likeness (QED) is 0.635. The molecule has 4 atom stereocenters. The van der Waals surface area contributed by atoms with E-state index in [2.05, 4.69) is 5.10 Å². The van der Waals surface area contributed by atoms with Gasteiger partial charge in [0.1, 0.15) is 28.8 Å². The molecule has 4 rings (SSSR count). The van der Waals surface area contributed by atoms with Crippen molar-refractivity contribution in [2.45, 2.75) is 49.8 Å². The zero-order valence-corrected chi connectivity index (χ0v) is 18.6. The lowest BCUT2D eigenvalue weighted by atomic mass is 10.0. The van der Waals surface area contributed by atoms with Crippen molar-refractivity contribution in [3.63, 3.8) is 0 Å². The number of nitrogens with two attached hydrogens (primary N) is 3. The summed E-state index contributed by atoms with van der Waals surface area (Å²) in [6, 6.07) is 3.61. The Bertz CT molecular complexity index is 1050. The van der Waals surface area contributed by atoms with Crippen LogP contribution in [0.2, 0.25) is 0 Å². The fourth-order valence-electron chi connectivity index (χ4n) is 4.40. The van der Waals surface area contributed by atoms with Gasteiger partial charge in [-0.3, -0.25) is 9.48 Å². The maximum Gasteiger partial charge on any atom is 0.268 e. The second-order valence-corrected chi connectivity index (χ2v) is 9.22. The number of benzene rings is 1. The number of amides is 1. The van der Waals surface area contributed by atoms with Gasteiger partial charge in [-0.15, -0.1) is 0 Å². The van der Waals surface area contributed by atoms with Crippen LogP contribution in [0.25, 0.3) is 0 Å². The minimum Gasteiger partial charge on any atom is -0.392 e. The third-order valence-corrected chi connectivity index (χ3v) is 6.90. The smallest absolute Gasteiger partial charge is 0.268 e. The molecule has 1 unspecified atom stereocenters. The molecule has 6 N–H and O–H groups in total. The van der Waals surface area contributed by atoms with Crippen LogP contribution in [0.1, 0.15) is 48.9 Å². The average molecular weight is 465 g/mol. The molecule has 2 aromatic rings. The number of ether oxygens (including phenoxy) is 1. The Morgan fingerprint density at radius 1 is 1.28 bits per heavy atom. The minimum absolute atomic E-state index is 0.00556. The topological polar surface area (TPSA) is 125 Å². The van der Waals surface area contributed by atoms with E-state index >= 15 is 0 Å². The van der Waals surface area contributed by atoms with E-state index in [9.17, 15) is 13.6 Å². The predicted octanol–water partition coefficient (Wildman–Crippen LogP) is 2.52. The van der Waals surface area contributed by atoms with Crippen molar-refractivity contribution >= 4 is 23.4 Å². The molecule has 0 radical (unpaired) electrons.